The first kappa shape index (κ1) is 59.9. The number of rotatable bonds is 50. The highest BCUT2D eigenvalue weighted by atomic mass is 16.6. The van der Waals surface area contributed by atoms with E-state index < -0.39 is 6.10 Å². The number of hydrogen-bond acceptors (Lipinski definition) is 5. The molecule has 0 spiro atoms. The third-order valence-corrected chi connectivity index (χ3v) is 11.8. The number of hydrogen-bond donors (Lipinski definition) is 0. The van der Waals surface area contributed by atoms with Crippen molar-refractivity contribution in [3.05, 3.63) is 48.6 Å². The van der Waals surface area contributed by atoms with Crippen LogP contribution in [0.15, 0.2) is 48.6 Å². The Balaban J connectivity index is 4.24. The average molecular weight is 869 g/mol. The third-order valence-electron chi connectivity index (χ3n) is 11.8. The Morgan fingerprint density at radius 2 is 0.677 bits per heavy atom. The van der Waals surface area contributed by atoms with Crippen LogP contribution in [0.5, 0.6) is 0 Å². The molecule has 0 fully saturated rings. The van der Waals surface area contributed by atoms with Crippen molar-refractivity contribution in [1.82, 2.24) is 0 Å². The van der Waals surface area contributed by atoms with Gasteiger partial charge < -0.3 is 14.2 Å². The molecule has 0 aliphatic heterocycles. The van der Waals surface area contributed by atoms with Crippen LogP contribution < -0.4 is 0 Å². The number of allylic oxidation sites excluding steroid dienone is 8. The molecular formula is C57H104O5. The van der Waals surface area contributed by atoms with Gasteiger partial charge in [-0.15, -0.1) is 0 Å². The van der Waals surface area contributed by atoms with Gasteiger partial charge in [-0.1, -0.05) is 211 Å². The molecule has 0 aromatic heterocycles. The van der Waals surface area contributed by atoms with Gasteiger partial charge in [-0.2, -0.15) is 0 Å². The number of ether oxygens (including phenoxy) is 3. The summed E-state index contributed by atoms with van der Waals surface area (Å²) < 4.78 is 17.4. The summed E-state index contributed by atoms with van der Waals surface area (Å²) in [6.45, 7) is 7.78. The topological polar surface area (TPSA) is 61.8 Å². The maximum Gasteiger partial charge on any atom is 0.306 e. The van der Waals surface area contributed by atoms with Crippen molar-refractivity contribution in [3.63, 3.8) is 0 Å². The van der Waals surface area contributed by atoms with Crippen LogP contribution in [0.1, 0.15) is 278 Å². The van der Waals surface area contributed by atoms with Gasteiger partial charge >= 0.3 is 11.9 Å². The maximum absolute atomic E-state index is 12.8. The van der Waals surface area contributed by atoms with Gasteiger partial charge in [0, 0.05) is 19.4 Å². The molecule has 0 aromatic rings. The van der Waals surface area contributed by atoms with Crippen molar-refractivity contribution in [2.45, 2.75) is 284 Å². The van der Waals surface area contributed by atoms with E-state index in [4.69, 9.17) is 14.2 Å². The van der Waals surface area contributed by atoms with Crippen LogP contribution in [0.3, 0.4) is 0 Å². The minimum absolute atomic E-state index is 0.0792. The van der Waals surface area contributed by atoms with E-state index in [0.717, 1.165) is 57.8 Å². The second-order valence-corrected chi connectivity index (χ2v) is 18.1. The van der Waals surface area contributed by atoms with E-state index in [1.807, 2.05) is 0 Å². The van der Waals surface area contributed by atoms with Crippen molar-refractivity contribution in [2.24, 2.45) is 0 Å². The highest BCUT2D eigenvalue weighted by Gasteiger charge is 2.17. The minimum Gasteiger partial charge on any atom is -0.462 e. The normalized spacial score (nSPS) is 12.5. The number of carbonyl (C=O) groups is 2. The monoisotopic (exact) mass is 869 g/mol. The van der Waals surface area contributed by atoms with Crippen LogP contribution in [0.4, 0.5) is 0 Å². The minimum atomic E-state index is -0.543. The molecule has 0 aliphatic rings. The quantitative estimate of drug-likeness (QED) is 0.0346. The number of esters is 2. The molecule has 0 bridgehead atoms. The van der Waals surface area contributed by atoms with Gasteiger partial charge in [0.2, 0.25) is 0 Å². The molecule has 0 amide bonds. The molecule has 1 unspecified atom stereocenters. The molecule has 0 N–H and O–H groups in total. The average Bonchev–Trinajstić information content (AvgIpc) is 3.27. The van der Waals surface area contributed by atoms with Crippen molar-refractivity contribution in [1.29, 1.82) is 0 Å². The zero-order chi connectivity index (χ0) is 44.9. The maximum atomic E-state index is 12.8. The molecule has 62 heavy (non-hydrogen) atoms. The summed E-state index contributed by atoms with van der Waals surface area (Å²) in [4.78, 5) is 25.4. The van der Waals surface area contributed by atoms with Crippen LogP contribution in [-0.4, -0.2) is 37.9 Å². The van der Waals surface area contributed by atoms with E-state index in [9.17, 15) is 9.59 Å². The lowest BCUT2D eigenvalue weighted by Crippen LogP contribution is -2.30. The predicted molar refractivity (Wildman–Crippen MR) is 270 cm³/mol. The first-order valence-electron chi connectivity index (χ1n) is 27.2. The fraction of sp³-hybridized carbons (Fsp3) is 0.825. The van der Waals surface area contributed by atoms with Crippen LogP contribution in [0.25, 0.3) is 0 Å². The lowest BCUT2D eigenvalue weighted by molar-refractivity contribution is -0.163. The first-order valence-corrected chi connectivity index (χ1v) is 27.2. The lowest BCUT2D eigenvalue weighted by Gasteiger charge is -2.18. The Morgan fingerprint density at radius 3 is 1.11 bits per heavy atom. The number of carbonyl (C=O) groups excluding carboxylic acids is 2. The van der Waals surface area contributed by atoms with E-state index in [2.05, 4.69) is 69.4 Å². The van der Waals surface area contributed by atoms with Gasteiger partial charge in [0.15, 0.2) is 6.10 Å². The molecule has 0 heterocycles. The summed E-state index contributed by atoms with van der Waals surface area (Å²) >= 11 is 0. The molecule has 0 aliphatic carbocycles. The Hall–Kier alpha value is -2.14. The van der Waals surface area contributed by atoms with Gasteiger partial charge in [-0.25, -0.2) is 0 Å². The first-order chi connectivity index (χ1) is 30.6. The SMILES string of the molecule is CCCCC/C=C\C/C=C\CCCCCCCCCCCC(=O)OCC(COCCCCCCCC/C=C\CCCCCC)OC(=O)CCCCCCC/C=C\CCCCCC. The summed E-state index contributed by atoms with van der Waals surface area (Å²) in [7, 11) is 0. The molecule has 0 aromatic carbocycles. The molecule has 362 valence electrons. The summed E-state index contributed by atoms with van der Waals surface area (Å²) in [5, 5.41) is 0. The van der Waals surface area contributed by atoms with E-state index in [1.165, 1.54) is 186 Å². The van der Waals surface area contributed by atoms with Crippen molar-refractivity contribution in [2.75, 3.05) is 19.8 Å². The van der Waals surface area contributed by atoms with Crippen LogP contribution >= 0.6 is 0 Å². The molecule has 0 rings (SSSR count). The fourth-order valence-electron chi connectivity index (χ4n) is 7.71. The molecule has 1 atom stereocenters. The lowest BCUT2D eigenvalue weighted by atomic mass is 10.1. The standard InChI is InChI=1S/C57H104O5/c1-4-7-10-13-16-19-22-25-27-28-29-30-31-33-35-38-41-44-47-50-56(58)61-54-55(53-60-52-49-46-43-40-37-34-26-23-20-17-14-11-8-5-2)62-57(59)51-48-45-42-39-36-32-24-21-18-15-12-9-6-3/h16,19-21,23-25,27,55H,4-15,17-18,22,26,28-54H2,1-3H3/b19-16-,23-20-,24-21-,27-25-. The summed E-state index contributed by atoms with van der Waals surface area (Å²) in [5.74, 6) is -0.405. The summed E-state index contributed by atoms with van der Waals surface area (Å²) in [6, 6.07) is 0. The van der Waals surface area contributed by atoms with Crippen LogP contribution in [0.2, 0.25) is 0 Å². The predicted octanol–water partition coefficient (Wildman–Crippen LogP) is 18.3. The molecule has 5 nitrogen and oxygen atoms in total. The fourth-order valence-corrected chi connectivity index (χ4v) is 7.71. The van der Waals surface area contributed by atoms with Crippen LogP contribution in [0, 0.1) is 0 Å². The van der Waals surface area contributed by atoms with Crippen LogP contribution in [-0.2, 0) is 23.8 Å². The molecule has 5 heteroatoms. The third kappa shape index (κ3) is 50.5. The largest absolute Gasteiger partial charge is 0.462 e. The van der Waals surface area contributed by atoms with Gasteiger partial charge in [0.05, 0.1) is 6.61 Å². The van der Waals surface area contributed by atoms with Gasteiger partial charge in [0.1, 0.15) is 6.61 Å². The van der Waals surface area contributed by atoms with Crippen molar-refractivity contribution < 1.29 is 23.8 Å². The van der Waals surface area contributed by atoms with E-state index in [1.54, 1.807) is 0 Å². The second kappa shape index (κ2) is 53.2. The number of unbranched alkanes of at least 4 members (excludes halogenated alkanes) is 31. The van der Waals surface area contributed by atoms with E-state index in [0.29, 0.717) is 19.4 Å². The van der Waals surface area contributed by atoms with Gasteiger partial charge in [-0.05, 0) is 103 Å². The second-order valence-electron chi connectivity index (χ2n) is 18.1. The molecule has 0 saturated carbocycles. The zero-order valence-electron chi connectivity index (χ0n) is 41.6. The molecule has 0 radical (unpaired) electrons. The van der Waals surface area contributed by atoms with Gasteiger partial charge in [0.25, 0.3) is 0 Å². The highest BCUT2D eigenvalue weighted by molar-refractivity contribution is 5.70. The Morgan fingerprint density at radius 1 is 0.355 bits per heavy atom. The Kier molecular flexibility index (Phi) is 51.4. The van der Waals surface area contributed by atoms with E-state index >= 15 is 0 Å². The summed E-state index contributed by atoms with van der Waals surface area (Å²) in [5.41, 5.74) is 0. The summed E-state index contributed by atoms with van der Waals surface area (Å²) in [6.07, 6.45) is 65.4. The molecular weight excluding hydrogens is 765 g/mol. The zero-order valence-corrected chi connectivity index (χ0v) is 41.6. The van der Waals surface area contributed by atoms with E-state index in [-0.39, 0.29) is 25.2 Å². The van der Waals surface area contributed by atoms with Gasteiger partial charge in [-0.3, -0.25) is 9.59 Å². The molecule has 0 saturated heterocycles. The highest BCUT2D eigenvalue weighted by Crippen LogP contribution is 2.15. The Labute approximate surface area is 386 Å². The van der Waals surface area contributed by atoms with Crippen molar-refractivity contribution in [3.8, 4) is 0 Å². The smallest absolute Gasteiger partial charge is 0.306 e. The van der Waals surface area contributed by atoms with Crippen molar-refractivity contribution >= 4 is 11.9 Å². The Bertz CT molecular complexity index is 1030.